The van der Waals surface area contributed by atoms with Gasteiger partial charge in [0.2, 0.25) is 0 Å². The van der Waals surface area contributed by atoms with Crippen molar-refractivity contribution in [3.8, 4) is 0 Å². The Morgan fingerprint density at radius 1 is 0.867 bits per heavy atom. The minimum atomic E-state index is -2.55. The Labute approximate surface area is 176 Å². The maximum Gasteiger partial charge on any atom is 0.255 e. The quantitative estimate of drug-likeness (QED) is 0.735. The lowest BCUT2D eigenvalue weighted by Crippen LogP contribution is -2.39. The van der Waals surface area contributed by atoms with Crippen LogP contribution in [0.25, 0.3) is 0 Å². The predicted octanol–water partition coefficient (Wildman–Crippen LogP) is 5.16. The highest BCUT2D eigenvalue weighted by molar-refractivity contribution is 6.04. The number of halogens is 2. The molecule has 1 N–H and O–H groups in total. The molecule has 2 fully saturated rings. The van der Waals surface area contributed by atoms with E-state index in [2.05, 4.69) is 10.2 Å². The smallest absolute Gasteiger partial charge is 0.255 e. The van der Waals surface area contributed by atoms with Gasteiger partial charge in [-0.05, 0) is 67.9 Å². The van der Waals surface area contributed by atoms with E-state index in [1.54, 1.807) is 0 Å². The van der Waals surface area contributed by atoms with Crippen molar-refractivity contribution in [1.82, 2.24) is 4.90 Å². The fourth-order valence-electron chi connectivity index (χ4n) is 4.19. The largest absolute Gasteiger partial charge is 0.371 e. The first-order valence-electron chi connectivity index (χ1n) is 10.8. The zero-order valence-electron chi connectivity index (χ0n) is 17.2. The van der Waals surface area contributed by atoms with Gasteiger partial charge < -0.3 is 10.2 Å². The third-order valence-electron chi connectivity index (χ3n) is 6.06. The monoisotopic (exact) mass is 413 g/mol. The molecule has 0 aromatic heterocycles. The first-order valence-corrected chi connectivity index (χ1v) is 10.8. The molecule has 4 rings (SSSR count). The predicted molar refractivity (Wildman–Crippen MR) is 116 cm³/mol. The Hall–Kier alpha value is -2.47. The second-order valence-corrected chi connectivity index (χ2v) is 8.38. The molecule has 2 heterocycles. The van der Waals surface area contributed by atoms with Crippen LogP contribution < -0.4 is 10.2 Å². The van der Waals surface area contributed by atoms with Crippen molar-refractivity contribution in [2.45, 2.75) is 44.6 Å². The van der Waals surface area contributed by atoms with Crippen LogP contribution in [-0.4, -0.2) is 42.9 Å². The first kappa shape index (κ1) is 20.8. The second kappa shape index (κ2) is 9.13. The Kier molecular flexibility index (Phi) is 6.32. The molecule has 0 bridgehead atoms. The number of carbonyl (C=O) groups is 1. The molecule has 0 spiro atoms. The number of likely N-dealkylation sites (tertiary alicyclic amines) is 1. The van der Waals surface area contributed by atoms with Gasteiger partial charge in [0.15, 0.2) is 0 Å². The summed E-state index contributed by atoms with van der Waals surface area (Å²) in [6, 6.07) is 15.2. The topological polar surface area (TPSA) is 35.6 Å². The van der Waals surface area contributed by atoms with Crippen LogP contribution >= 0.6 is 0 Å². The van der Waals surface area contributed by atoms with Gasteiger partial charge in [-0.15, -0.1) is 0 Å². The zero-order valence-corrected chi connectivity index (χ0v) is 17.2. The molecule has 2 saturated heterocycles. The van der Waals surface area contributed by atoms with Crippen molar-refractivity contribution in [2.24, 2.45) is 0 Å². The van der Waals surface area contributed by atoms with E-state index >= 15 is 0 Å². The lowest BCUT2D eigenvalue weighted by Gasteiger charge is -2.33. The highest BCUT2D eigenvalue weighted by Gasteiger charge is 2.33. The average Bonchev–Trinajstić information content (AvgIpc) is 2.76. The number of piperidine rings is 2. The third-order valence-corrected chi connectivity index (χ3v) is 6.06. The number of nitrogens with zero attached hydrogens (tertiary/aromatic N) is 2. The molecule has 2 aliphatic rings. The van der Waals surface area contributed by atoms with E-state index in [9.17, 15) is 13.6 Å². The molecule has 4 nitrogen and oxygen atoms in total. The summed E-state index contributed by atoms with van der Waals surface area (Å²) < 4.78 is 26.7. The Bertz CT molecular complexity index is 836. The van der Waals surface area contributed by atoms with Gasteiger partial charge in [-0.2, -0.15) is 0 Å². The fraction of sp³-hybridized carbons (Fsp3) is 0.458. The van der Waals surface area contributed by atoms with Crippen LogP contribution in [0.4, 0.5) is 20.2 Å². The molecule has 0 unspecified atom stereocenters. The molecular formula is C24H29F2N3O. The first-order chi connectivity index (χ1) is 14.5. The molecule has 0 atom stereocenters. The van der Waals surface area contributed by atoms with Crippen molar-refractivity contribution in [1.29, 1.82) is 0 Å². The van der Waals surface area contributed by atoms with E-state index in [0.29, 0.717) is 24.3 Å². The summed E-state index contributed by atoms with van der Waals surface area (Å²) in [7, 11) is 0. The summed E-state index contributed by atoms with van der Waals surface area (Å²) >= 11 is 0. The van der Waals surface area contributed by atoms with Gasteiger partial charge in [0.25, 0.3) is 11.8 Å². The van der Waals surface area contributed by atoms with E-state index < -0.39 is 5.92 Å². The summed E-state index contributed by atoms with van der Waals surface area (Å²) in [5, 5.41) is 2.91. The number of carbonyl (C=O) groups excluding carboxylic acids is 1. The number of benzene rings is 2. The molecular weight excluding hydrogens is 384 g/mol. The summed E-state index contributed by atoms with van der Waals surface area (Å²) in [6.07, 6.45) is 3.63. The molecule has 0 aliphatic carbocycles. The van der Waals surface area contributed by atoms with Crippen LogP contribution in [-0.2, 0) is 6.54 Å². The van der Waals surface area contributed by atoms with Gasteiger partial charge in [-0.3, -0.25) is 9.69 Å². The molecule has 160 valence electrons. The van der Waals surface area contributed by atoms with Crippen molar-refractivity contribution in [2.75, 3.05) is 36.4 Å². The van der Waals surface area contributed by atoms with Gasteiger partial charge in [0, 0.05) is 49.4 Å². The minimum absolute atomic E-state index is 0.112. The van der Waals surface area contributed by atoms with E-state index in [1.807, 2.05) is 53.4 Å². The molecule has 6 heteroatoms. The summed E-state index contributed by atoms with van der Waals surface area (Å²) in [5.41, 5.74) is 3.46. The number of anilines is 2. The molecule has 0 saturated carbocycles. The van der Waals surface area contributed by atoms with Gasteiger partial charge in [-0.25, -0.2) is 8.78 Å². The molecule has 30 heavy (non-hydrogen) atoms. The van der Waals surface area contributed by atoms with Crippen molar-refractivity contribution < 1.29 is 13.6 Å². The maximum absolute atomic E-state index is 13.3. The van der Waals surface area contributed by atoms with Crippen LogP contribution in [0.5, 0.6) is 0 Å². The summed E-state index contributed by atoms with van der Waals surface area (Å²) in [5.74, 6) is -2.70. The van der Waals surface area contributed by atoms with Gasteiger partial charge in [-0.1, -0.05) is 18.6 Å². The lowest BCUT2D eigenvalue weighted by molar-refractivity contribution is -0.0220. The fourth-order valence-corrected chi connectivity index (χ4v) is 4.19. The normalized spacial score (nSPS) is 19.5. The molecule has 2 aromatic carbocycles. The van der Waals surface area contributed by atoms with Gasteiger partial charge in [0.05, 0.1) is 0 Å². The third kappa shape index (κ3) is 5.36. The number of hydrogen-bond acceptors (Lipinski definition) is 3. The molecule has 2 aromatic rings. The average molecular weight is 414 g/mol. The number of amides is 1. The number of rotatable bonds is 5. The minimum Gasteiger partial charge on any atom is -0.371 e. The number of hydrogen-bond donors (Lipinski definition) is 1. The lowest BCUT2D eigenvalue weighted by atomic mass is 10.1. The van der Waals surface area contributed by atoms with E-state index in [1.165, 1.54) is 24.8 Å². The van der Waals surface area contributed by atoms with Gasteiger partial charge in [0.1, 0.15) is 0 Å². The SMILES string of the molecule is O=C(Nc1ccc(N2CCC(F)(F)CC2)cc1)c1ccc(CN2CCCCC2)cc1. The van der Waals surface area contributed by atoms with Crippen LogP contribution in [0, 0.1) is 0 Å². The summed E-state index contributed by atoms with van der Waals surface area (Å²) in [6.45, 7) is 3.94. The maximum atomic E-state index is 13.3. The van der Waals surface area contributed by atoms with Crippen LogP contribution in [0.1, 0.15) is 48.0 Å². The number of nitrogens with one attached hydrogen (secondary N) is 1. The Morgan fingerprint density at radius 3 is 2.13 bits per heavy atom. The Morgan fingerprint density at radius 2 is 1.50 bits per heavy atom. The highest BCUT2D eigenvalue weighted by atomic mass is 19.3. The van der Waals surface area contributed by atoms with Crippen LogP contribution in [0.2, 0.25) is 0 Å². The number of alkyl halides is 2. The molecule has 0 radical (unpaired) electrons. The van der Waals surface area contributed by atoms with E-state index in [4.69, 9.17) is 0 Å². The molecule has 2 aliphatic heterocycles. The molecule has 1 amide bonds. The van der Waals surface area contributed by atoms with Gasteiger partial charge >= 0.3 is 0 Å². The van der Waals surface area contributed by atoms with Crippen molar-refractivity contribution in [3.05, 3.63) is 59.7 Å². The highest BCUT2D eigenvalue weighted by Crippen LogP contribution is 2.30. The van der Waals surface area contributed by atoms with Crippen molar-refractivity contribution in [3.63, 3.8) is 0 Å². The Balaban J connectivity index is 1.31. The van der Waals surface area contributed by atoms with E-state index in [-0.39, 0.29) is 18.7 Å². The van der Waals surface area contributed by atoms with Crippen LogP contribution in [0.3, 0.4) is 0 Å². The zero-order chi connectivity index (χ0) is 21.0. The van der Waals surface area contributed by atoms with Crippen molar-refractivity contribution >= 4 is 17.3 Å². The van der Waals surface area contributed by atoms with E-state index in [0.717, 1.165) is 25.3 Å². The van der Waals surface area contributed by atoms with Crippen LogP contribution in [0.15, 0.2) is 48.5 Å². The second-order valence-electron chi connectivity index (χ2n) is 8.38. The standard InChI is InChI=1S/C24H29F2N3O/c25-24(26)12-16-29(17-13-24)22-10-8-21(9-11-22)27-23(30)20-6-4-19(5-7-20)18-28-14-2-1-3-15-28/h4-11H,1-3,12-18H2,(H,27,30). The summed E-state index contributed by atoms with van der Waals surface area (Å²) in [4.78, 5) is 17.0.